The van der Waals surface area contributed by atoms with Crippen molar-refractivity contribution < 1.29 is 19.4 Å². The Bertz CT molecular complexity index is 956. The molecule has 0 saturated heterocycles. The fourth-order valence-electron chi connectivity index (χ4n) is 4.29. The van der Waals surface area contributed by atoms with Crippen LogP contribution in [0.4, 0.5) is 5.69 Å². The Balaban J connectivity index is 2.12. The first-order valence-corrected chi connectivity index (χ1v) is 8.34. The fourth-order valence-corrected chi connectivity index (χ4v) is 4.29. The summed E-state index contributed by atoms with van der Waals surface area (Å²) in [6.07, 6.45) is 0.716. The van der Waals surface area contributed by atoms with Crippen LogP contribution < -0.4 is 10.6 Å². The van der Waals surface area contributed by atoms with E-state index >= 15 is 0 Å². The maximum absolute atomic E-state index is 13.5. The van der Waals surface area contributed by atoms with Crippen molar-refractivity contribution in [1.29, 1.82) is 5.26 Å². The van der Waals surface area contributed by atoms with Gasteiger partial charge in [-0.25, -0.2) is 0 Å². The lowest BCUT2D eigenvalue weighted by Crippen LogP contribution is -2.49. The number of nitrogens with zero attached hydrogens (tertiary/aromatic N) is 2. The second-order valence-corrected chi connectivity index (χ2v) is 6.83. The normalized spacial score (nSPS) is 27.4. The van der Waals surface area contributed by atoms with E-state index in [-0.39, 0.29) is 35.2 Å². The van der Waals surface area contributed by atoms with Crippen LogP contribution in [0.1, 0.15) is 25.3 Å². The van der Waals surface area contributed by atoms with E-state index in [1.54, 1.807) is 24.3 Å². The first-order valence-electron chi connectivity index (χ1n) is 8.34. The molecule has 0 radical (unpaired) electrons. The second kappa shape index (κ2) is 5.44. The third-order valence-electron chi connectivity index (χ3n) is 5.27. The Morgan fingerprint density at radius 2 is 2.12 bits per heavy atom. The molecule has 1 aliphatic carbocycles. The molecule has 2 aliphatic heterocycles. The van der Waals surface area contributed by atoms with Gasteiger partial charge < -0.3 is 15.6 Å². The largest absolute Gasteiger partial charge is 0.444 e. The van der Waals surface area contributed by atoms with Crippen molar-refractivity contribution >= 4 is 17.4 Å². The quantitative estimate of drug-likeness (QED) is 0.785. The summed E-state index contributed by atoms with van der Waals surface area (Å²) in [4.78, 5) is 27.6. The molecule has 1 aromatic carbocycles. The van der Waals surface area contributed by atoms with Crippen molar-refractivity contribution in [2.45, 2.75) is 25.2 Å². The van der Waals surface area contributed by atoms with E-state index < -0.39 is 18.1 Å². The summed E-state index contributed by atoms with van der Waals surface area (Å²) in [6.45, 7) is 1.35. The highest BCUT2D eigenvalue weighted by molar-refractivity contribution is 6.19. The van der Waals surface area contributed by atoms with Gasteiger partial charge in [-0.2, -0.15) is 5.26 Å². The summed E-state index contributed by atoms with van der Waals surface area (Å²) in [5.41, 5.74) is 5.35. The van der Waals surface area contributed by atoms with Crippen molar-refractivity contribution in [3.05, 3.63) is 52.6 Å². The van der Waals surface area contributed by atoms with Gasteiger partial charge in [-0.3, -0.25) is 14.5 Å². The van der Waals surface area contributed by atoms with E-state index in [1.807, 2.05) is 13.0 Å². The molecule has 26 heavy (non-hydrogen) atoms. The molecule has 3 aliphatic rings. The summed E-state index contributed by atoms with van der Waals surface area (Å²) in [5.74, 6) is -0.568. The Kier molecular flexibility index (Phi) is 3.43. The third kappa shape index (κ3) is 1.79. The van der Waals surface area contributed by atoms with Crippen molar-refractivity contribution in [2.24, 2.45) is 11.7 Å². The van der Waals surface area contributed by atoms with E-state index in [9.17, 15) is 20.0 Å². The van der Waals surface area contributed by atoms with Gasteiger partial charge in [-0.1, -0.05) is 25.1 Å². The van der Waals surface area contributed by atoms with Crippen LogP contribution in [0.3, 0.4) is 0 Å². The number of aliphatic hydroxyl groups is 1. The number of allylic oxidation sites excluding steroid dienone is 1. The molecule has 3 N–H and O–H groups in total. The van der Waals surface area contributed by atoms with Crippen LogP contribution >= 0.6 is 0 Å². The molecule has 1 spiro atoms. The Hall–Kier alpha value is -3.11. The van der Waals surface area contributed by atoms with Crippen LogP contribution in [-0.2, 0) is 19.7 Å². The molecule has 4 rings (SSSR count). The number of ketones is 1. The Morgan fingerprint density at radius 3 is 2.81 bits per heavy atom. The summed E-state index contributed by atoms with van der Waals surface area (Å²) in [7, 11) is 0. The van der Waals surface area contributed by atoms with Crippen LogP contribution in [0.15, 0.2) is 47.1 Å². The van der Waals surface area contributed by atoms with Gasteiger partial charge in [-0.05, 0) is 12.0 Å². The molecule has 0 aromatic heterocycles. The zero-order valence-corrected chi connectivity index (χ0v) is 14.2. The molecule has 1 amide bonds. The number of aliphatic hydroxyl groups excluding tert-OH is 1. The minimum absolute atomic E-state index is 0.0513. The number of nitriles is 1. The number of amides is 1. The van der Waals surface area contributed by atoms with Gasteiger partial charge in [0.1, 0.15) is 29.5 Å². The highest BCUT2D eigenvalue weighted by Gasteiger charge is 2.62. The zero-order chi connectivity index (χ0) is 18.6. The summed E-state index contributed by atoms with van der Waals surface area (Å²) in [5, 5.41) is 19.6. The van der Waals surface area contributed by atoms with Gasteiger partial charge in [0.05, 0.1) is 11.3 Å². The number of benzene rings is 1. The van der Waals surface area contributed by atoms with Gasteiger partial charge in [-0.15, -0.1) is 0 Å². The molecule has 132 valence electrons. The molecule has 7 nitrogen and oxygen atoms in total. The number of hydrogen-bond acceptors (Lipinski definition) is 6. The lowest BCUT2D eigenvalue weighted by molar-refractivity contribution is -0.125. The highest BCUT2D eigenvalue weighted by Crippen LogP contribution is 2.55. The number of nitrogens with two attached hydrogens (primary N) is 1. The fraction of sp³-hybridized carbons (Fsp3) is 0.316. The molecular formula is C19H17N3O4. The first-order chi connectivity index (χ1) is 12.5. The van der Waals surface area contributed by atoms with Crippen molar-refractivity contribution in [3.8, 4) is 6.07 Å². The van der Waals surface area contributed by atoms with Gasteiger partial charge in [0.2, 0.25) is 11.8 Å². The molecule has 1 aromatic rings. The average Bonchev–Trinajstić information content (AvgIpc) is 2.84. The summed E-state index contributed by atoms with van der Waals surface area (Å²) in [6, 6.07) is 8.80. The van der Waals surface area contributed by atoms with Crippen molar-refractivity contribution in [2.75, 3.05) is 11.6 Å². The van der Waals surface area contributed by atoms with Gasteiger partial charge in [0, 0.05) is 18.4 Å². The smallest absolute Gasteiger partial charge is 0.249 e. The number of carbonyl (C=O) groups excluding carboxylic acids is 2. The van der Waals surface area contributed by atoms with Gasteiger partial charge >= 0.3 is 0 Å². The number of para-hydroxylation sites is 1. The van der Waals surface area contributed by atoms with E-state index in [0.29, 0.717) is 23.4 Å². The number of fused-ring (bicyclic) bond motifs is 3. The number of carbonyl (C=O) groups is 2. The Morgan fingerprint density at radius 1 is 1.38 bits per heavy atom. The average molecular weight is 351 g/mol. The molecule has 2 atom stereocenters. The highest BCUT2D eigenvalue weighted by atomic mass is 16.5. The lowest BCUT2D eigenvalue weighted by atomic mass is 9.64. The van der Waals surface area contributed by atoms with E-state index in [0.717, 1.165) is 0 Å². The second-order valence-electron chi connectivity index (χ2n) is 6.83. The van der Waals surface area contributed by atoms with Crippen molar-refractivity contribution in [1.82, 2.24) is 0 Å². The lowest BCUT2D eigenvalue weighted by Gasteiger charge is -2.38. The van der Waals surface area contributed by atoms with Crippen LogP contribution in [0, 0.1) is 17.2 Å². The number of Topliss-reactive ketones (excluding diaryl/α,β-unsaturated/α-hetero) is 1. The molecule has 0 bridgehead atoms. The maximum Gasteiger partial charge on any atom is 0.249 e. The minimum atomic E-state index is -1.65. The van der Waals surface area contributed by atoms with Crippen LogP contribution in [0.25, 0.3) is 0 Å². The molecule has 0 fully saturated rings. The molecular weight excluding hydrogens is 334 g/mol. The SMILES string of the molecule is CC1CC(=O)C2=C(C1)OC(N)=C(C#N)C21C(=O)N(CO)c2ccccc21. The Labute approximate surface area is 150 Å². The summed E-state index contributed by atoms with van der Waals surface area (Å²) < 4.78 is 5.61. The van der Waals surface area contributed by atoms with Gasteiger partial charge in [0.15, 0.2) is 5.78 Å². The first kappa shape index (κ1) is 16.4. The molecule has 7 heteroatoms. The number of ether oxygens (including phenoxy) is 1. The molecule has 2 unspecified atom stereocenters. The van der Waals surface area contributed by atoms with Gasteiger partial charge in [0.25, 0.3) is 0 Å². The van der Waals surface area contributed by atoms with Crippen LogP contribution in [0.5, 0.6) is 0 Å². The molecule has 2 heterocycles. The number of anilines is 1. The number of hydrogen-bond donors (Lipinski definition) is 2. The zero-order valence-electron chi connectivity index (χ0n) is 14.2. The predicted octanol–water partition coefficient (Wildman–Crippen LogP) is 1.20. The predicted molar refractivity (Wildman–Crippen MR) is 91.0 cm³/mol. The van der Waals surface area contributed by atoms with E-state index in [4.69, 9.17) is 10.5 Å². The minimum Gasteiger partial charge on any atom is -0.444 e. The van der Waals surface area contributed by atoms with E-state index in [2.05, 4.69) is 0 Å². The van der Waals surface area contributed by atoms with E-state index in [1.165, 1.54) is 4.90 Å². The van der Waals surface area contributed by atoms with Crippen molar-refractivity contribution in [3.63, 3.8) is 0 Å². The topological polar surface area (TPSA) is 117 Å². The summed E-state index contributed by atoms with van der Waals surface area (Å²) >= 11 is 0. The van der Waals surface area contributed by atoms with Crippen LogP contribution in [-0.4, -0.2) is 23.5 Å². The third-order valence-corrected chi connectivity index (χ3v) is 5.27. The van der Waals surface area contributed by atoms with Crippen LogP contribution in [0.2, 0.25) is 0 Å². The monoisotopic (exact) mass is 351 g/mol. The standard InChI is InChI=1S/C19H17N3O4/c1-10-6-14(24)16-15(7-10)26-17(21)12(8-20)19(16)11-4-2-3-5-13(11)22(9-23)18(19)25/h2-5,10,23H,6-7,9,21H2,1H3. The maximum atomic E-state index is 13.5. The number of rotatable bonds is 1. The molecule has 0 saturated carbocycles.